The maximum Gasteiger partial charge on any atom is 0.137 e. The molecule has 0 aliphatic carbocycles. The first-order valence-electron chi connectivity index (χ1n) is 6.30. The fourth-order valence-electron chi connectivity index (χ4n) is 2.13. The Hall–Kier alpha value is -2.95. The van der Waals surface area contributed by atoms with E-state index < -0.39 is 0 Å². The summed E-state index contributed by atoms with van der Waals surface area (Å²) in [4.78, 5) is 0. The van der Waals surface area contributed by atoms with Crippen molar-refractivity contribution in [3.8, 4) is 22.8 Å². The van der Waals surface area contributed by atoms with Crippen LogP contribution < -0.4 is 10.1 Å². The minimum absolute atomic E-state index is 0.177. The number of ether oxygens (including phenoxy) is 1. The zero-order chi connectivity index (χ0) is 14.8. The van der Waals surface area contributed by atoms with Crippen molar-refractivity contribution in [2.75, 3.05) is 7.11 Å². The van der Waals surface area contributed by atoms with E-state index in [9.17, 15) is 10.3 Å². The normalized spacial score (nSPS) is 11.8. The lowest BCUT2D eigenvalue weighted by atomic mass is 10.1. The van der Waals surface area contributed by atoms with Crippen molar-refractivity contribution in [2.45, 2.75) is 0 Å². The molecule has 0 radical (unpaired) electrons. The molecular weight excluding hydrogens is 270 g/mol. The molecule has 3 aromatic rings. The lowest BCUT2D eigenvalue weighted by molar-refractivity contribution is 0.302. The second kappa shape index (κ2) is 5.20. The summed E-state index contributed by atoms with van der Waals surface area (Å²) in [5.41, 5.74) is 1.35. The van der Waals surface area contributed by atoms with Crippen molar-refractivity contribution in [3.05, 3.63) is 53.9 Å². The third-order valence-electron chi connectivity index (χ3n) is 3.21. The fraction of sp³-hybridized carbons (Fsp3) is 0.0625. The Morgan fingerprint density at radius 3 is 2.48 bits per heavy atom. The number of nitrogens with zero attached hydrogens (tertiary/aromatic N) is 1. The molecule has 0 fully saturated rings. The number of methoxy groups -OCH3 is 1. The lowest BCUT2D eigenvalue weighted by Gasteiger charge is -2.06. The number of benzene rings is 2. The van der Waals surface area contributed by atoms with Gasteiger partial charge < -0.3 is 19.5 Å². The smallest absolute Gasteiger partial charge is 0.137 e. The molecule has 0 aliphatic heterocycles. The number of rotatable bonds is 2. The Bertz CT molecular complexity index is 850. The van der Waals surface area contributed by atoms with E-state index in [-0.39, 0.29) is 5.75 Å². The molecule has 5 heteroatoms. The second-order valence-electron chi connectivity index (χ2n) is 4.50. The highest BCUT2D eigenvalue weighted by atomic mass is 16.5. The highest BCUT2D eigenvalue weighted by Gasteiger charge is 2.07. The average Bonchev–Trinajstić information content (AvgIpc) is 2.54. The SMILES string of the molecule is COc1ccc2oc(-c3ccc(O)cc3)c/c(=N/O)c2c1. The van der Waals surface area contributed by atoms with Crippen LogP contribution in [-0.2, 0) is 0 Å². The first-order valence-corrected chi connectivity index (χ1v) is 6.30. The Balaban J connectivity index is 2.25. The average molecular weight is 283 g/mol. The molecule has 5 nitrogen and oxygen atoms in total. The van der Waals surface area contributed by atoms with Crippen LogP contribution in [0.3, 0.4) is 0 Å². The maximum atomic E-state index is 9.33. The van der Waals surface area contributed by atoms with Crippen LogP contribution in [0.2, 0.25) is 0 Å². The third kappa shape index (κ3) is 2.41. The van der Waals surface area contributed by atoms with E-state index in [2.05, 4.69) is 5.16 Å². The third-order valence-corrected chi connectivity index (χ3v) is 3.21. The van der Waals surface area contributed by atoms with E-state index in [1.165, 1.54) is 0 Å². The van der Waals surface area contributed by atoms with Crippen LogP contribution >= 0.6 is 0 Å². The van der Waals surface area contributed by atoms with Crippen LogP contribution in [0, 0.1) is 0 Å². The standard InChI is InChI=1S/C16H13NO4/c1-20-12-6-7-15-13(8-12)14(17-19)9-16(21-15)10-2-4-11(18)5-3-10/h2-9,18-19H,1H3/b17-14-. The van der Waals surface area contributed by atoms with E-state index in [0.717, 1.165) is 5.56 Å². The summed E-state index contributed by atoms with van der Waals surface area (Å²) in [5.74, 6) is 1.37. The molecule has 0 amide bonds. The van der Waals surface area contributed by atoms with Gasteiger partial charge in [-0.05, 0) is 42.5 Å². The number of fused-ring (bicyclic) bond motifs is 1. The minimum Gasteiger partial charge on any atom is -0.508 e. The first kappa shape index (κ1) is 13.1. The zero-order valence-electron chi connectivity index (χ0n) is 11.3. The van der Waals surface area contributed by atoms with Gasteiger partial charge >= 0.3 is 0 Å². The molecule has 2 aromatic carbocycles. The van der Waals surface area contributed by atoms with E-state index in [4.69, 9.17) is 9.15 Å². The Morgan fingerprint density at radius 2 is 1.81 bits per heavy atom. The number of phenolic OH excluding ortho intramolecular Hbond substituents is 1. The van der Waals surface area contributed by atoms with Crippen LogP contribution in [0.1, 0.15) is 0 Å². The van der Waals surface area contributed by atoms with Crippen molar-refractivity contribution < 1.29 is 19.5 Å². The summed E-state index contributed by atoms with van der Waals surface area (Å²) < 4.78 is 11.0. The minimum atomic E-state index is 0.177. The lowest BCUT2D eigenvalue weighted by Crippen LogP contribution is -2.03. The zero-order valence-corrected chi connectivity index (χ0v) is 11.3. The topological polar surface area (TPSA) is 75.2 Å². The summed E-state index contributed by atoms with van der Waals surface area (Å²) in [6, 6.07) is 13.5. The van der Waals surface area contributed by atoms with Gasteiger partial charge in [0.25, 0.3) is 0 Å². The van der Waals surface area contributed by atoms with Crippen molar-refractivity contribution in [1.82, 2.24) is 0 Å². The molecule has 0 spiro atoms. The van der Waals surface area contributed by atoms with Gasteiger partial charge in [0.1, 0.15) is 28.2 Å². The molecule has 1 aromatic heterocycles. The molecule has 3 rings (SSSR count). The predicted octanol–water partition coefficient (Wildman–Crippen LogP) is 3.10. The summed E-state index contributed by atoms with van der Waals surface area (Å²) in [6.07, 6.45) is 0. The Morgan fingerprint density at radius 1 is 1.05 bits per heavy atom. The summed E-state index contributed by atoms with van der Waals surface area (Å²) in [7, 11) is 1.57. The van der Waals surface area contributed by atoms with Crippen molar-refractivity contribution >= 4 is 11.0 Å². The molecule has 0 bridgehead atoms. The largest absolute Gasteiger partial charge is 0.508 e. The summed E-state index contributed by atoms with van der Waals surface area (Å²) >= 11 is 0. The number of aromatic hydroxyl groups is 1. The van der Waals surface area contributed by atoms with Gasteiger partial charge in [-0.15, -0.1) is 0 Å². The van der Waals surface area contributed by atoms with Crippen molar-refractivity contribution in [2.24, 2.45) is 5.16 Å². The van der Waals surface area contributed by atoms with Crippen LogP contribution in [0.25, 0.3) is 22.3 Å². The molecule has 0 atom stereocenters. The Kier molecular flexibility index (Phi) is 3.23. The van der Waals surface area contributed by atoms with E-state index in [1.807, 2.05) is 0 Å². The second-order valence-corrected chi connectivity index (χ2v) is 4.50. The highest BCUT2D eigenvalue weighted by Crippen LogP contribution is 2.25. The molecule has 21 heavy (non-hydrogen) atoms. The van der Waals surface area contributed by atoms with Crippen LogP contribution in [-0.4, -0.2) is 17.4 Å². The number of hydrogen-bond acceptors (Lipinski definition) is 5. The molecule has 0 saturated carbocycles. The maximum absolute atomic E-state index is 9.33. The Labute approximate surface area is 120 Å². The number of phenols is 1. The highest BCUT2D eigenvalue weighted by molar-refractivity contribution is 5.80. The van der Waals surface area contributed by atoms with Crippen LogP contribution in [0.5, 0.6) is 11.5 Å². The van der Waals surface area contributed by atoms with Gasteiger partial charge in [-0.3, -0.25) is 0 Å². The molecule has 2 N–H and O–H groups in total. The molecule has 106 valence electrons. The fourth-order valence-corrected chi connectivity index (χ4v) is 2.13. The molecule has 0 unspecified atom stereocenters. The molecule has 1 heterocycles. The van der Waals surface area contributed by atoms with Gasteiger partial charge in [0.05, 0.1) is 12.5 Å². The van der Waals surface area contributed by atoms with Crippen LogP contribution in [0.15, 0.2) is 58.1 Å². The molecular formula is C16H13NO4. The van der Waals surface area contributed by atoms with E-state index in [1.54, 1.807) is 55.6 Å². The first-order chi connectivity index (χ1) is 10.2. The van der Waals surface area contributed by atoms with Gasteiger partial charge in [-0.2, -0.15) is 0 Å². The van der Waals surface area contributed by atoms with Gasteiger partial charge in [0, 0.05) is 11.6 Å². The van der Waals surface area contributed by atoms with Gasteiger partial charge in [-0.25, -0.2) is 0 Å². The summed E-state index contributed by atoms with van der Waals surface area (Å²) in [5, 5.41) is 22.9. The molecule has 0 aliphatic rings. The quantitative estimate of drug-likeness (QED) is 0.559. The van der Waals surface area contributed by atoms with Crippen molar-refractivity contribution in [3.63, 3.8) is 0 Å². The van der Waals surface area contributed by atoms with Gasteiger partial charge in [0.15, 0.2) is 0 Å². The van der Waals surface area contributed by atoms with Crippen LogP contribution in [0.4, 0.5) is 0 Å². The monoisotopic (exact) mass is 283 g/mol. The van der Waals surface area contributed by atoms with Gasteiger partial charge in [0.2, 0.25) is 0 Å². The number of hydrogen-bond donors (Lipinski definition) is 2. The van der Waals surface area contributed by atoms with E-state index >= 15 is 0 Å². The molecule has 0 saturated heterocycles. The van der Waals surface area contributed by atoms with E-state index in [0.29, 0.717) is 27.8 Å². The summed E-state index contributed by atoms with van der Waals surface area (Å²) in [6.45, 7) is 0. The van der Waals surface area contributed by atoms with Gasteiger partial charge in [-0.1, -0.05) is 5.16 Å². The van der Waals surface area contributed by atoms with Crippen molar-refractivity contribution in [1.29, 1.82) is 0 Å². The predicted molar refractivity (Wildman–Crippen MR) is 77.2 cm³/mol.